The van der Waals surface area contributed by atoms with Crippen molar-refractivity contribution in [1.82, 2.24) is 14.9 Å². The van der Waals surface area contributed by atoms with Crippen molar-refractivity contribution in [3.05, 3.63) is 25.9 Å². The normalized spacial score (nSPS) is 12.2. The summed E-state index contributed by atoms with van der Waals surface area (Å²) in [7, 11) is 0. The van der Waals surface area contributed by atoms with Crippen LogP contribution in [0, 0.1) is 10.5 Å². The fraction of sp³-hybridized carbons (Fsp3) is 0.545. The van der Waals surface area contributed by atoms with Gasteiger partial charge in [-0.1, -0.05) is 6.92 Å². The van der Waals surface area contributed by atoms with Crippen LogP contribution in [0.2, 0.25) is 0 Å². The highest BCUT2D eigenvalue weighted by molar-refractivity contribution is 14.1. The van der Waals surface area contributed by atoms with Crippen LogP contribution in [0.1, 0.15) is 26.0 Å². The molecule has 1 heterocycles. The zero-order valence-corrected chi connectivity index (χ0v) is 12.3. The molecule has 1 amide bonds. The van der Waals surface area contributed by atoms with Crippen LogP contribution in [0.5, 0.6) is 0 Å². The molecule has 5 nitrogen and oxygen atoms in total. The molecule has 0 aromatic carbocycles. The Kier molecular flexibility index (Phi) is 5.10. The predicted molar refractivity (Wildman–Crippen MR) is 73.8 cm³/mol. The summed E-state index contributed by atoms with van der Waals surface area (Å²) in [4.78, 5) is 27.5. The number of hydrogen-bond donors (Lipinski definition) is 1. The molecular weight excluding hydrogens is 333 g/mol. The Bertz CT molecular complexity index is 470. The first-order valence-electron chi connectivity index (χ1n) is 5.46. The molecule has 17 heavy (non-hydrogen) atoms. The van der Waals surface area contributed by atoms with E-state index in [1.54, 1.807) is 6.92 Å². The van der Waals surface area contributed by atoms with Gasteiger partial charge in [-0.05, 0) is 42.9 Å². The first-order chi connectivity index (χ1) is 7.95. The van der Waals surface area contributed by atoms with Gasteiger partial charge in [-0.3, -0.25) is 14.2 Å². The zero-order chi connectivity index (χ0) is 13.0. The molecule has 1 unspecified atom stereocenters. The van der Waals surface area contributed by atoms with Gasteiger partial charge in [0.25, 0.3) is 5.56 Å². The van der Waals surface area contributed by atoms with Gasteiger partial charge in [-0.15, -0.1) is 0 Å². The second-order valence-corrected chi connectivity index (χ2v) is 5.03. The van der Waals surface area contributed by atoms with Crippen molar-refractivity contribution in [3.8, 4) is 0 Å². The summed E-state index contributed by atoms with van der Waals surface area (Å²) >= 11 is 1.95. The molecule has 94 valence electrons. The number of rotatable bonds is 4. The second-order valence-electron chi connectivity index (χ2n) is 3.95. The highest BCUT2D eigenvalue weighted by atomic mass is 127. The minimum Gasteiger partial charge on any atom is -0.352 e. The van der Waals surface area contributed by atoms with E-state index in [2.05, 4.69) is 10.3 Å². The highest BCUT2D eigenvalue weighted by Gasteiger charge is 2.10. The molecule has 1 rings (SSSR count). The smallest absolute Gasteiger partial charge is 0.267 e. The van der Waals surface area contributed by atoms with E-state index in [1.807, 2.05) is 36.4 Å². The van der Waals surface area contributed by atoms with Crippen molar-refractivity contribution >= 4 is 28.5 Å². The molecule has 0 bridgehead atoms. The molecular formula is C11H16IN3O2. The number of carbonyl (C=O) groups excluding carboxylic acids is 1. The molecule has 6 heteroatoms. The Morgan fingerprint density at radius 2 is 2.29 bits per heavy atom. The van der Waals surface area contributed by atoms with Crippen LogP contribution in [0.3, 0.4) is 0 Å². The van der Waals surface area contributed by atoms with E-state index in [4.69, 9.17) is 0 Å². The lowest BCUT2D eigenvalue weighted by Crippen LogP contribution is -2.37. The van der Waals surface area contributed by atoms with E-state index < -0.39 is 0 Å². The van der Waals surface area contributed by atoms with Gasteiger partial charge in [-0.25, -0.2) is 4.98 Å². The van der Waals surface area contributed by atoms with Crippen LogP contribution in [0.15, 0.2) is 11.1 Å². The Labute approximate surface area is 114 Å². The number of halogens is 1. The summed E-state index contributed by atoms with van der Waals surface area (Å²) in [6, 6.07) is 0.121. The third-order valence-corrected chi connectivity index (χ3v) is 3.73. The molecule has 0 aliphatic rings. The number of aryl methyl sites for hydroxylation is 1. The van der Waals surface area contributed by atoms with Crippen molar-refractivity contribution in [2.75, 3.05) is 0 Å². The molecule has 1 aromatic rings. The molecule has 0 aliphatic heterocycles. The van der Waals surface area contributed by atoms with Gasteiger partial charge < -0.3 is 5.32 Å². The lowest BCUT2D eigenvalue weighted by molar-refractivity contribution is -0.122. The van der Waals surface area contributed by atoms with Gasteiger partial charge in [0.1, 0.15) is 6.54 Å². The summed E-state index contributed by atoms with van der Waals surface area (Å²) in [5, 5.41) is 2.81. The fourth-order valence-electron chi connectivity index (χ4n) is 1.24. The quantitative estimate of drug-likeness (QED) is 0.828. The maximum atomic E-state index is 11.8. The van der Waals surface area contributed by atoms with Crippen LogP contribution >= 0.6 is 22.6 Å². The lowest BCUT2D eigenvalue weighted by atomic mass is 10.2. The van der Waals surface area contributed by atoms with Crippen molar-refractivity contribution in [3.63, 3.8) is 0 Å². The Hall–Kier alpha value is -0.920. The molecule has 1 atom stereocenters. The number of amides is 1. The number of hydrogen-bond acceptors (Lipinski definition) is 3. The van der Waals surface area contributed by atoms with Crippen molar-refractivity contribution in [2.24, 2.45) is 0 Å². The maximum Gasteiger partial charge on any atom is 0.267 e. The SMILES string of the molecule is CCC(C)NC(=O)Cn1cnc(C)c(I)c1=O. The van der Waals surface area contributed by atoms with E-state index in [1.165, 1.54) is 10.9 Å². The molecule has 1 N–H and O–H groups in total. The molecule has 0 aliphatic carbocycles. The number of aromatic nitrogens is 2. The molecule has 0 radical (unpaired) electrons. The largest absolute Gasteiger partial charge is 0.352 e. The van der Waals surface area contributed by atoms with Gasteiger partial charge in [0.2, 0.25) is 5.91 Å². The summed E-state index contributed by atoms with van der Waals surface area (Å²) in [6.45, 7) is 5.71. The minimum absolute atomic E-state index is 0.0203. The van der Waals surface area contributed by atoms with Gasteiger partial charge in [0.05, 0.1) is 15.6 Å². The fourth-order valence-corrected chi connectivity index (χ4v) is 1.69. The Balaban J connectivity index is 2.80. The average Bonchev–Trinajstić information content (AvgIpc) is 2.29. The first kappa shape index (κ1) is 14.1. The number of carbonyl (C=O) groups is 1. The lowest BCUT2D eigenvalue weighted by Gasteiger charge is -2.12. The van der Waals surface area contributed by atoms with Crippen molar-refractivity contribution in [2.45, 2.75) is 39.8 Å². The molecule has 0 fully saturated rings. The number of nitrogens with zero attached hydrogens (tertiary/aromatic N) is 2. The van der Waals surface area contributed by atoms with Gasteiger partial charge in [-0.2, -0.15) is 0 Å². The van der Waals surface area contributed by atoms with E-state index in [-0.39, 0.29) is 24.1 Å². The standard InChI is InChI=1S/C11H16IN3O2/c1-4-7(2)14-9(16)5-15-6-13-8(3)10(12)11(15)17/h6-7H,4-5H2,1-3H3,(H,14,16). The minimum atomic E-state index is -0.169. The van der Waals surface area contributed by atoms with Crippen LogP contribution in [-0.2, 0) is 11.3 Å². The summed E-state index contributed by atoms with van der Waals surface area (Å²) in [6.07, 6.45) is 2.28. The van der Waals surface area contributed by atoms with Gasteiger partial charge >= 0.3 is 0 Å². The van der Waals surface area contributed by atoms with Gasteiger partial charge in [0.15, 0.2) is 0 Å². The molecule has 0 spiro atoms. The predicted octanol–water partition coefficient (Wildman–Crippen LogP) is 1.07. The Morgan fingerprint density at radius 1 is 1.65 bits per heavy atom. The first-order valence-corrected chi connectivity index (χ1v) is 6.54. The van der Waals surface area contributed by atoms with Crippen molar-refractivity contribution < 1.29 is 4.79 Å². The topological polar surface area (TPSA) is 64.0 Å². The molecule has 0 saturated carbocycles. The molecule has 0 saturated heterocycles. The van der Waals surface area contributed by atoms with Crippen LogP contribution in [0.25, 0.3) is 0 Å². The van der Waals surface area contributed by atoms with Gasteiger partial charge in [0, 0.05) is 6.04 Å². The van der Waals surface area contributed by atoms with Crippen LogP contribution < -0.4 is 10.9 Å². The third kappa shape index (κ3) is 3.79. The summed E-state index contributed by atoms with van der Waals surface area (Å²) in [5.74, 6) is -0.164. The average molecular weight is 349 g/mol. The summed E-state index contributed by atoms with van der Waals surface area (Å²) < 4.78 is 1.88. The zero-order valence-electron chi connectivity index (χ0n) is 10.2. The monoisotopic (exact) mass is 349 g/mol. The van der Waals surface area contributed by atoms with E-state index >= 15 is 0 Å². The molecule has 1 aromatic heterocycles. The van der Waals surface area contributed by atoms with Crippen molar-refractivity contribution in [1.29, 1.82) is 0 Å². The van der Waals surface area contributed by atoms with Crippen LogP contribution in [0.4, 0.5) is 0 Å². The second kappa shape index (κ2) is 6.13. The summed E-state index contributed by atoms with van der Waals surface area (Å²) in [5.41, 5.74) is 0.520. The van der Waals surface area contributed by atoms with E-state index in [0.717, 1.165) is 6.42 Å². The third-order valence-electron chi connectivity index (χ3n) is 2.49. The number of nitrogens with one attached hydrogen (secondary N) is 1. The Morgan fingerprint density at radius 3 is 2.88 bits per heavy atom. The highest BCUT2D eigenvalue weighted by Crippen LogP contribution is 2.01. The van der Waals surface area contributed by atoms with Crippen LogP contribution in [-0.4, -0.2) is 21.5 Å². The van der Waals surface area contributed by atoms with E-state index in [9.17, 15) is 9.59 Å². The van der Waals surface area contributed by atoms with E-state index in [0.29, 0.717) is 9.26 Å². The maximum absolute atomic E-state index is 11.8.